The highest BCUT2D eigenvalue weighted by atomic mass is 32.2. The standard InChI is InChI=1S/C15H13N3O2S2/c19-22(20,15-2-1-9-21-15)18-11-12-3-8-17-14(10-12)13-4-6-16-7-5-13/h1-10,18H,11H2. The highest BCUT2D eigenvalue weighted by Gasteiger charge is 2.14. The van der Waals surface area contributed by atoms with Gasteiger partial charge in [-0.3, -0.25) is 9.97 Å². The molecule has 112 valence electrons. The molecule has 3 heterocycles. The van der Waals surface area contributed by atoms with Gasteiger partial charge < -0.3 is 0 Å². The van der Waals surface area contributed by atoms with Gasteiger partial charge in [0.2, 0.25) is 10.0 Å². The lowest BCUT2D eigenvalue weighted by Crippen LogP contribution is -2.22. The van der Waals surface area contributed by atoms with Crippen molar-refractivity contribution in [3.63, 3.8) is 0 Å². The molecule has 0 fully saturated rings. The second-order valence-corrected chi connectivity index (χ2v) is 7.48. The number of nitrogens with one attached hydrogen (secondary N) is 1. The van der Waals surface area contributed by atoms with Gasteiger partial charge in [0.1, 0.15) is 4.21 Å². The summed E-state index contributed by atoms with van der Waals surface area (Å²) in [6, 6.07) is 10.7. The summed E-state index contributed by atoms with van der Waals surface area (Å²) in [4.78, 5) is 8.27. The number of sulfonamides is 1. The molecule has 0 aliphatic heterocycles. The summed E-state index contributed by atoms with van der Waals surface area (Å²) < 4.78 is 27.1. The molecule has 0 saturated heterocycles. The monoisotopic (exact) mass is 331 g/mol. The fourth-order valence-corrected chi connectivity index (χ4v) is 3.99. The molecule has 5 nitrogen and oxygen atoms in total. The van der Waals surface area contributed by atoms with E-state index in [-0.39, 0.29) is 6.54 Å². The summed E-state index contributed by atoms with van der Waals surface area (Å²) in [7, 11) is -3.45. The summed E-state index contributed by atoms with van der Waals surface area (Å²) >= 11 is 1.20. The van der Waals surface area contributed by atoms with Crippen molar-refractivity contribution >= 4 is 21.4 Å². The van der Waals surface area contributed by atoms with E-state index in [1.54, 1.807) is 42.2 Å². The normalized spacial score (nSPS) is 11.5. The molecule has 0 radical (unpaired) electrons. The van der Waals surface area contributed by atoms with Crippen LogP contribution in [0.25, 0.3) is 11.3 Å². The molecule has 0 aliphatic rings. The van der Waals surface area contributed by atoms with E-state index >= 15 is 0 Å². The maximum atomic E-state index is 12.1. The maximum absolute atomic E-state index is 12.1. The second-order valence-electron chi connectivity index (χ2n) is 4.54. The van der Waals surface area contributed by atoms with Gasteiger partial charge in [0.05, 0.1) is 5.69 Å². The number of pyridine rings is 2. The Labute approximate surface area is 132 Å². The molecule has 3 rings (SSSR count). The van der Waals surface area contributed by atoms with Gasteiger partial charge in [-0.2, -0.15) is 0 Å². The first kappa shape index (κ1) is 14.8. The van der Waals surface area contributed by atoms with E-state index in [0.29, 0.717) is 4.21 Å². The first-order valence-electron chi connectivity index (χ1n) is 6.54. The SMILES string of the molecule is O=S(=O)(NCc1ccnc(-c2ccncc2)c1)c1cccs1. The average Bonchev–Trinajstić information content (AvgIpc) is 3.10. The quantitative estimate of drug-likeness (QED) is 0.780. The Morgan fingerprint density at radius 2 is 1.91 bits per heavy atom. The minimum Gasteiger partial charge on any atom is -0.265 e. The van der Waals surface area contributed by atoms with Crippen LogP contribution in [0.15, 0.2) is 64.6 Å². The van der Waals surface area contributed by atoms with Crippen molar-refractivity contribution in [3.8, 4) is 11.3 Å². The minimum absolute atomic E-state index is 0.223. The zero-order chi connectivity index (χ0) is 15.4. The largest absolute Gasteiger partial charge is 0.265 e. The predicted molar refractivity (Wildman–Crippen MR) is 85.8 cm³/mol. The Bertz CT molecular complexity index is 848. The summed E-state index contributed by atoms with van der Waals surface area (Å²) in [5.74, 6) is 0. The van der Waals surface area contributed by atoms with E-state index < -0.39 is 10.0 Å². The van der Waals surface area contributed by atoms with Crippen LogP contribution < -0.4 is 4.72 Å². The first-order chi connectivity index (χ1) is 10.6. The Balaban J connectivity index is 1.77. The van der Waals surface area contributed by atoms with Crippen LogP contribution >= 0.6 is 11.3 Å². The van der Waals surface area contributed by atoms with Crippen molar-refractivity contribution in [2.45, 2.75) is 10.8 Å². The average molecular weight is 331 g/mol. The van der Waals surface area contributed by atoms with E-state index in [4.69, 9.17) is 0 Å². The number of nitrogens with zero attached hydrogens (tertiary/aromatic N) is 2. The van der Waals surface area contributed by atoms with E-state index in [0.717, 1.165) is 16.8 Å². The van der Waals surface area contributed by atoms with Crippen LogP contribution in [0.2, 0.25) is 0 Å². The molecule has 7 heteroatoms. The van der Waals surface area contributed by atoms with Crippen LogP contribution in [-0.4, -0.2) is 18.4 Å². The summed E-state index contributed by atoms with van der Waals surface area (Å²) in [5.41, 5.74) is 2.58. The number of rotatable bonds is 5. The smallest absolute Gasteiger partial charge is 0.250 e. The zero-order valence-corrected chi connectivity index (χ0v) is 13.1. The van der Waals surface area contributed by atoms with Gasteiger partial charge in [-0.15, -0.1) is 11.3 Å². The van der Waals surface area contributed by atoms with Crippen LogP contribution in [0, 0.1) is 0 Å². The lowest BCUT2D eigenvalue weighted by atomic mass is 10.1. The van der Waals surface area contributed by atoms with Crippen molar-refractivity contribution < 1.29 is 8.42 Å². The van der Waals surface area contributed by atoms with Gasteiger partial charge in [0, 0.05) is 30.7 Å². The van der Waals surface area contributed by atoms with Gasteiger partial charge in [-0.05, 0) is 41.3 Å². The summed E-state index contributed by atoms with van der Waals surface area (Å²) in [6.45, 7) is 0.223. The second kappa shape index (κ2) is 6.35. The molecular formula is C15H13N3O2S2. The van der Waals surface area contributed by atoms with Crippen molar-refractivity contribution in [3.05, 3.63) is 65.9 Å². The van der Waals surface area contributed by atoms with Crippen LogP contribution in [-0.2, 0) is 16.6 Å². The van der Waals surface area contributed by atoms with Crippen LogP contribution in [0.5, 0.6) is 0 Å². The Morgan fingerprint density at radius 1 is 1.09 bits per heavy atom. The number of thiophene rings is 1. The topological polar surface area (TPSA) is 72.0 Å². The van der Waals surface area contributed by atoms with Crippen molar-refractivity contribution in [1.29, 1.82) is 0 Å². The van der Waals surface area contributed by atoms with E-state index in [2.05, 4.69) is 14.7 Å². The summed E-state index contributed by atoms with van der Waals surface area (Å²) in [5, 5.41) is 1.74. The minimum atomic E-state index is -3.45. The molecule has 0 bridgehead atoms. The fourth-order valence-electron chi connectivity index (χ4n) is 1.93. The van der Waals surface area contributed by atoms with Crippen LogP contribution in [0.1, 0.15) is 5.56 Å². The van der Waals surface area contributed by atoms with Gasteiger partial charge >= 0.3 is 0 Å². The summed E-state index contributed by atoms with van der Waals surface area (Å²) in [6.07, 6.45) is 5.07. The third kappa shape index (κ3) is 3.38. The number of aromatic nitrogens is 2. The highest BCUT2D eigenvalue weighted by Crippen LogP contribution is 2.18. The number of hydrogen-bond donors (Lipinski definition) is 1. The number of hydrogen-bond acceptors (Lipinski definition) is 5. The molecular weight excluding hydrogens is 318 g/mol. The lowest BCUT2D eigenvalue weighted by Gasteiger charge is -2.06. The predicted octanol–water partition coefficient (Wildman–Crippen LogP) is 2.68. The lowest BCUT2D eigenvalue weighted by molar-refractivity contribution is 0.583. The molecule has 0 atom stereocenters. The Kier molecular flexibility index (Phi) is 4.28. The Morgan fingerprint density at radius 3 is 2.64 bits per heavy atom. The van der Waals surface area contributed by atoms with Crippen molar-refractivity contribution in [2.75, 3.05) is 0 Å². The van der Waals surface area contributed by atoms with Gasteiger partial charge in [-0.1, -0.05) is 6.07 Å². The first-order valence-corrected chi connectivity index (χ1v) is 8.90. The van der Waals surface area contributed by atoms with Crippen molar-refractivity contribution in [1.82, 2.24) is 14.7 Å². The molecule has 0 aliphatic carbocycles. The molecule has 22 heavy (non-hydrogen) atoms. The van der Waals surface area contributed by atoms with E-state index in [1.807, 2.05) is 18.2 Å². The fraction of sp³-hybridized carbons (Fsp3) is 0.0667. The molecule has 0 unspecified atom stereocenters. The molecule has 0 amide bonds. The van der Waals surface area contributed by atoms with E-state index in [1.165, 1.54) is 11.3 Å². The maximum Gasteiger partial charge on any atom is 0.250 e. The third-order valence-corrected chi connectivity index (χ3v) is 5.83. The highest BCUT2D eigenvalue weighted by molar-refractivity contribution is 7.91. The third-order valence-electron chi connectivity index (χ3n) is 3.03. The van der Waals surface area contributed by atoms with Gasteiger partial charge in [-0.25, -0.2) is 13.1 Å². The van der Waals surface area contributed by atoms with Crippen molar-refractivity contribution in [2.24, 2.45) is 0 Å². The van der Waals surface area contributed by atoms with E-state index in [9.17, 15) is 8.42 Å². The van der Waals surface area contributed by atoms with Crippen LogP contribution in [0.3, 0.4) is 0 Å². The van der Waals surface area contributed by atoms with Gasteiger partial charge in [0.25, 0.3) is 0 Å². The molecule has 1 N–H and O–H groups in total. The molecule has 0 spiro atoms. The zero-order valence-electron chi connectivity index (χ0n) is 11.5. The van der Waals surface area contributed by atoms with Gasteiger partial charge in [0.15, 0.2) is 0 Å². The molecule has 3 aromatic rings. The molecule has 0 aromatic carbocycles. The molecule has 3 aromatic heterocycles. The van der Waals surface area contributed by atoms with Crippen LogP contribution in [0.4, 0.5) is 0 Å². The molecule has 0 saturated carbocycles. The Hall–Kier alpha value is -2.09.